The van der Waals surface area contributed by atoms with Gasteiger partial charge in [-0.2, -0.15) is 9.97 Å². The fourth-order valence-electron chi connectivity index (χ4n) is 2.82. The zero-order valence-electron chi connectivity index (χ0n) is 15.7. The SMILES string of the molecule is CCCCc1nc2nc(Nc3ccccc3)nc(OCc3ccncc3)c2[nH]1. The monoisotopic (exact) mass is 374 g/mol. The number of aromatic nitrogens is 5. The lowest BCUT2D eigenvalue weighted by molar-refractivity contribution is 0.297. The summed E-state index contributed by atoms with van der Waals surface area (Å²) in [4.78, 5) is 21.1. The van der Waals surface area contributed by atoms with Crippen molar-refractivity contribution in [3.63, 3.8) is 0 Å². The van der Waals surface area contributed by atoms with Gasteiger partial charge in [-0.25, -0.2) is 4.98 Å². The van der Waals surface area contributed by atoms with Crippen molar-refractivity contribution >= 4 is 22.8 Å². The number of nitrogens with zero attached hydrogens (tertiary/aromatic N) is 4. The molecule has 0 aliphatic rings. The van der Waals surface area contributed by atoms with E-state index in [1.165, 1.54) is 0 Å². The van der Waals surface area contributed by atoms with Crippen molar-refractivity contribution in [2.45, 2.75) is 32.8 Å². The molecule has 0 atom stereocenters. The molecule has 0 aliphatic carbocycles. The molecule has 2 N–H and O–H groups in total. The summed E-state index contributed by atoms with van der Waals surface area (Å²) in [5.41, 5.74) is 3.25. The summed E-state index contributed by atoms with van der Waals surface area (Å²) in [5.74, 6) is 1.84. The number of imidazole rings is 1. The van der Waals surface area contributed by atoms with Gasteiger partial charge < -0.3 is 15.0 Å². The van der Waals surface area contributed by atoms with Crippen LogP contribution in [0.1, 0.15) is 31.2 Å². The van der Waals surface area contributed by atoms with E-state index in [1.807, 2.05) is 42.5 Å². The van der Waals surface area contributed by atoms with Crippen LogP contribution in [-0.2, 0) is 13.0 Å². The minimum absolute atomic E-state index is 0.392. The normalized spacial score (nSPS) is 10.9. The van der Waals surface area contributed by atoms with E-state index < -0.39 is 0 Å². The Morgan fingerprint density at radius 2 is 1.82 bits per heavy atom. The number of ether oxygens (including phenoxy) is 1. The van der Waals surface area contributed by atoms with Gasteiger partial charge in [0.25, 0.3) is 0 Å². The third-order valence-corrected chi connectivity index (χ3v) is 4.29. The molecule has 3 heterocycles. The number of unbranched alkanes of at least 4 members (excludes halogenated alkanes) is 1. The molecular formula is C21H22N6O. The lowest BCUT2D eigenvalue weighted by Gasteiger charge is -2.09. The minimum atomic E-state index is 0.392. The van der Waals surface area contributed by atoms with Crippen LogP contribution >= 0.6 is 0 Å². The van der Waals surface area contributed by atoms with Crippen LogP contribution in [-0.4, -0.2) is 24.9 Å². The van der Waals surface area contributed by atoms with Gasteiger partial charge in [0.15, 0.2) is 5.65 Å². The van der Waals surface area contributed by atoms with E-state index in [2.05, 4.69) is 37.2 Å². The maximum absolute atomic E-state index is 6.01. The molecule has 1 aromatic carbocycles. The predicted octanol–water partition coefficient (Wildman–Crippen LogP) is 4.41. The van der Waals surface area contributed by atoms with Crippen molar-refractivity contribution in [2.75, 3.05) is 5.32 Å². The molecule has 0 bridgehead atoms. The highest BCUT2D eigenvalue weighted by Gasteiger charge is 2.14. The Hall–Kier alpha value is -3.48. The van der Waals surface area contributed by atoms with Crippen LogP contribution in [0.3, 0.4) is 0 Å². The third kappa shape index (κ3) is 4.25. The highest BCUT2D eigenvalue weighted by molar-refractivity contribution is 5.78. The number of hydrogen-bond acceptors (Lipinski definition) is 6. The number of aryl methyl sites for hydroxylation is 1. The number of rotatable bonds is 8. The second-order valence-corrected chi connectivity index (χ2v) is 6.47. The van der Waals surface area contributed by atoms with E-state index in [0.29, 0.717) is 24.1 Å². The smallest absolute Gasteiger partial charge is 0.245 e. The number of H-pyrrole nitrogens is 1. The lowest BCUT2D eigenvalue weighted by atomic mass is 10.2. The van der Waals surface area contributed by atoms with Crippen molar-refractivity contribution in [3.05, 3.63) is 66.2 Å². The van der Waals surface area contributed by atoms with Crippen LogP contribution in [0, 0.1) is 0 Å². The van der Waals surface area contributed by atoms with Gasteiger partial charge >= 0.3 is 0 Å². The number of hydrogen-bond donors (Lipinski definition) is 2. The molecule has 0 radical (unpaired) electrons. The van der Waals surface area contributed by atoms with E-state index in [0.717, 1.165) is 41.9 Å². The van der Waals surface area contributed by atoms with Crippen molar-refractivity contribution < 1.29 is 4.74 Å². The molecule has 0 fully saturated rings. The molecule has 28 heavy (non-hydrogen) atoms. The van der Waals surface area contributed by atoms with E-state index in [9.17, 15) is 0 Å². The Labute approximate surface area is 163 Å². The van der Waals surface area contributed by atoms with Gasteiger partial charge in [0.1, 0.15) is 17.9 Å². The van der Waals surface area contributed by atoms with Crippen LogP contribution < -0.4 is 10.1 Å². The second-order valence-electron chi connectivity index (χ2n) is 6.47. The summed E-state index contributed by atoms with van der Waals surface area (Å²) in [5, 5.41) is 3.22. The van der Waals surface area contributed by atoms with Gasteiger partial charge in [-0.1, -0.05) is 31.5 Å². The first kappa shape index (κ1) is 17.9. The van der Waals surface area contributed by atoms with Crippen LogP contribution in [0.4, 0.5) is 11.6 Å². The summed E-state index contributed by atoms with van der Waals surface area (Å²) in [6, 6.07) is 13.6. The van der Waals surface area contributed by atoms with Crippen LogP contribution in [0.5, 0.6) is 5.88 Å². The zero-order chi connectivity index (χ0) is 19.2. The van der Waals surface area contributed by atoms with Gasteiger partial charge in [0.05, 0.1) is 0 Å². The van der Waals surface area contributed by atoms with Crippen LogP contribution in [0.25, 0.3) is 11.2 Å². The average Bonchev–Trinajstić information content (AvgIpc) is 3.15. The number of anilines is 2. The lowest BCUT2D eigenvalue weighted by Crippen LogP contribution is -2.03. The third-order valence-electron chi connectivity index (χ3n) is 4.29. The first-order chi connectivity index (χ1) is 13.8. The Morgan fingerprint density at radius 3 is 2.61 bits per heavy atom. The highest BCUT2D eigenvalue weighted by atomic mass is 16.5. The standard InChI is InChI=1S/C21H22N6O/c1-2-3-9-17-24-18-19(25-17)26-21(23-16-7-5-4-6-8-16)27-20(18)28-14-15-10-12-22-13-11-15/h4-8,10-13H,2-3,9,14H2,1H3,(H2,23,24,25,26,27). The predicted molar refractivity (Wildman–Crippen MR) is 109 cm³/mol. The fourth-order valence-corrected chi connectivity index (χ4v) is 2.82. The van der Waals surface area contributed by atoms with E-state index in [-0.39, 0.29) is 0 Å². The Bertz CT molecular complexity index is 1030. The Balaban J connectivity index is 1.65. The van der Waals surface area contributed by atoms with Gasteiger partial charge in [-0.15, -0.1) is 0 Å². The number of aromatic amines is 1. The molecule has 0 unspecified atom stereocenters. The molecular weight excluding hydrogens is 352 g/mol. The molecule has 142 valence electrons. The fraction of sp³-hybridized carbons (Fsp3) is 0.238. The molecule has 0 saturated heterocycles. The second kappa shape index (κ2) is 8.47. The molecule has 7 heteroatoms. The maximum atomic E-state index is 6.01. The largest absolute Gasteiger partial charge is 0.471 e. The zero-order valence-corrected chi connectivity index (χ0v) is 15.7. The van der Waals surface area contributed by atoms with Crippen LogP contribution in [0.15, 0.2) is 54.9 Å². The van der Waals surface area contributed by atoms with Crippen molar-refractivity contribution in [1.29, 1.82) is 0 Å². The molecule has 0 saturated carbocycles. The molecule has 4 aromatic rings. The Kier molecular flexibility index (Phi) is 5.42. The number of benzene rings is 1. The molecule has 0 amide bonds. The molecule has 3 aromatic heterocycles. The summed E-state index contributed by atoms with van der Waals surface area (Å²) < 4.78 is 6.01. The Morgan fingerprint density at radius 1 is 1.00 bits per heavy atom. The van der Waals surface area contributed by atoms with Crippen molar-refractivity contribution in [3.8, 4) is 5.88 Å². The molecule has 0 spiro atoms. The molecule has 7 nitrogen and oxygen atoms in total. The first-order valence-electron chi connectivity index (χ1n) is 9.42. The quantitative estimate of drug-likeness (QED) is 0.475. The number of nitrogens with one attached hydrogen (secondary N) is 2. The molecule has 0 aliphatic heterocycles. The topological polar surface area (TPSA) is 88.6 Å². The maximum Gasteiger partial charge on any atom is 0.245 e. The number of pyridine rings is 1. The summed E-state index contributed by atoms with van der Waals surface area (Å²) >= 11 is 0. The highest BCUT2D eigenvalue weighted by Crippen LogP contribution is 2.25. The minimum Gasteiger partial charge on any atom is -0.471 e. The van der Waals surface area contributed by atoms with E-state index >= 15 is 0 Å². The van der Waals surface area contributed by atoms with Crippen molar-refractivity contribution in [2.24, 2.45) is 0 Å². The number of fused-ring (bicyclic) bond motifs is 1. The van der Waals surface area contributed by atoms with Crippen molar-refractivity contribution in [1.82, 2.24) is 24.9 Å². The van der Waals surface area contributed by atoms with E-state index in [4.69, 9.17) is 4.74 Å². The van der Waals surface area contributed by atoms with Gasteiger partial charge in [-0.05, 0) is 36.2 Å². The molecule has 4 rings (SSSR count). The van der Waals surface area contributed by atoms with Gasteiger partial charge in [0.2, 0.25) is 11.8 Å². The summed E-state index contributed by atoms with van der Waals surface area (Å²) in [7, 11) is 0. The van der Waals surface area contributed by atoms with Gasteiger partial charge in [-0.3, -0.25) is 4.98 Å². The number of para-hydroxylation sites is 1. The van der Waals surface area contributed by atoms with Crippen LogP contribution in [0.2, 0.25) is 0 Å². The first-order valence-corrected chi connectivity index (χ1v) is 9.42. The average molecular weight is 374 g/mol. The van der Waals surface area contributed by atoms with E-state index in [1.54, 1.807) is 12.4 Å². The summed E-state index contributed by atoms with van der Waals surface area (Å²) in [6.45, 7) is 2.55. The van der Waals surface area contributed by atoms with Gasteiger partial charge in [0, 0.05) is 24.5 Å². The summed E-state index contributed by atoms with van der Waals surface area (Å²) in [6.07, 6.45) is 6.54.